The summed E-state index contributed by atoms with van der Waals surface area (Å²) < 4.78 is 29.8. The quantitative estimate of drug-likeness (QED) is 0.643. The molecule has 0 aliphatic carbocycles. The van der Waals surface area contributed by atoms with Crippen LogP contribution >= 0.6 is 23.2 Å². The van der Waals surface area contributed by atoms with Gasteiger partial charge in [0.25, 0.3) is 10.0 Å². The molecule has 0 unspecified atom stereocenters. The van der Waals surface area contributed by atoms with Gasteiger partial charge in [-0.25, -0.2) is 0 Å². The maximum atomic E-state index is 12.3. The minimum atomic E-state index is -3.87. The summed E-state index contributed by atoms with van der Waals surface area (Å²) in [6.07, 6.45) is 1.29. The first-order valence-corrected chi connectivity index (χ1v) is 8.72. The minimum Gasteiger partial charge on any atom is -0.495 e. The first-order chi connectivity index (χ1) is 10.8. The normalized spacial score (nSPS) is 11.7. The Bertz CT molecular complexity index is 852. The maximum Gasteiger partial charge on any atom is 0.280 e. The second-order valence-electron chi connectivity index (χ2n) is 4.65. The highest BCUT2D eigenvalue weighted by Gasteiger charge is 2.18. The number of sulfonamides is 1. The van der Waals surface area contributed by atoms with Gasteiger partial charge in [-0.2, -0.15) is 18.4 Å². The van der Waals surface area contributed by atoms with Crippen molar-refractivity contribution in [2.24, 2.45) is 5.10 Å². The number of rotatable bonds is 5. The number of hydrogen-bond donors (Lipinski definition) is 1. The Morgan fingerprint density at radius 1 is 1.22 bits per heavy atom. The summed E-state index contributed by atoms with van der Waals surface area (Å²) in [5.74, 6) is 0.235. The number of hydrogen-bond acceptors (Lipinski definition) is 4. The zero-order valence-electron chi connectivity index (χ0n) is 12.4. The largest absolute Gasteiger partial charge is 0.495 e. The lowest BCUT2D eigenvalue weighted by atomic mass is 10.2. The molecule has 0 fully saturated rings. The summed E-state index contributed by atoms with van der Waals surface area (Å²) in [4.78, 5) is 2.14. The molecule has 0 saturated heterocycles. The average molecular weight is 373 g/mol. The van der Waals surface area contributed by atoms with Gasteiger partial charge in [0.1, 0.15) is 10.6 Å². The van der Waals surface area contributed by atoms with E-state index in [0.29, 0.717) is 15.6 Å². The van der Waals surface area contributed by atoms with E-state index in [1.165, 1.54) is 19.4 Å². The molecule has 0 amide bonds. The number of aryl methyl sites for hydroxylation is 1. The van der Waals surface area contributed by atoms with E-state index in [9.17, 15) is 8.42 Å². The second-order valence-corrected chi connectivity index (χ2v) is 7.06. The lowest BCUT2D eigenvalue weighted by Gasteiger charge is -2.09. The molecule has 122 valence electrons. The van der Waals surface area contributed by atoms with Gasteiger partial charge in [0.15, 0.2) is 0 Å². The van der Waals surface area contributed by atoms with Crippen molar-refractivity contribution in [2.75, 3.05) is 7.11 Å². The van der Waals surface area contributed by atoms with E-state index >= 15 is 0 Å². The Kier molecular flexibility index (Phi) is 5.51. The smallest absolute Gasteiger partial charge is 0.280 e. The van der Waals surface area contributed by atoms with Gasteiger partial charge >= 0.3 is 0 Å². The topological polar surface area (TPSA) is 67.8 Å². The number of benzene rings is 2. The molecule has 0 aliphatic rings. The Morgan fingerprint density at radius 2 is 1.96 bits per heavy atom. The number of nitrogens with one attached hydrogen (secondary N) is 1. The van der Waals surface area contributed by atoms with E-state index in [-0.39, 0.29) is 10.6 Å². The van der Waals surface area contributed by atoms with Crippen LogP contribution in [0.3, 0.4) is 0 Å². The fourth-order valence-electron chi connectivity index (χ4n) is 1.83. The van der Waals surface area contributed by atoms with Crippen molar-refractivity contribution < 1.29 is 13.2 Å². The molecule has 0 aromatic heterocycles. The Hall–Kier alpha value is -1.76. The van der Waals surface area contributed by atoms with E-state index in [1.54, 1.807) is 37.3 Å². The van der Waals surface area contributed by atoms with Gasteiger partial charge in [-0.15, -0.1) is 0 Å². The summed E-state index contributed by atoms with van der Waals surface area (Å²) in [6, 6.07) is 9.83. The summed E-state index contributed by atoms with van der Waals surface area (Å²) in [6.45, 7) is 1.79. The van der Waals surface area contributed by atoms with Gasteiger partial charge in [0.2, 0.25) is 0 Å². The van der Waals surface area contributed by atoms with Crippen molar-refractivity contribution >= 4 is 39.4 Å². The molecule has 0 aliphatic heterocycles. The molecular weight excluding hydrogens is 359 g/mol. The van der Waals surface area contributed by atoms with Gasteiger partial charge < -0.3 is 4.74 Å². The molecule has 0 heterocycles. The van der Waals surface area contributed by atoms with Gasteiger partial charge in [-0.05, 0) is 30.7 Å². The molecule has 0 bridgehead atoms. The number of nitrogens with zero attached hydrogens (tertiary/aromatic N) is 1. The van der Waals surface area contributed by atoms with Gasteiger partial charge in [0, 0.05) is 5.56 Å². The highest BCUT2D eigenvalue weighted by molar-refractivity contribution is 7.89. The molecule has 0 atom stereocenters. The maximum absolute atomic E-state index is 12.3. The van der Waals surface area contributed by atoms with Crippen molar-refractivity contribution in [2.45, 2.75) is 11.8 Å². The molecule has 1 N–H and O–H groups in total. The molecule has 8 heteroatoms. The monoisotopic (exact) mass is 372 g/mol. The number of hydrazone groups is 1. The fraction of sp³-hybridized carbons (Fsp3) is 0.133. The highest BCUT2D eigenvalue weighted by Crippen LogP contribution is 2.25. The second kappa shape index (κ2) is 7.21. The zero-order valence-corrected chi connectivity index (χ0v) is 14.7. The third kappa shape index (κ3) is 4.16. The predicted octanol–water partition coefficient (Wildman–Crippen LogP) is 3.62. The number of halogens is 2. The van der Waals surface area contributed by atoms with Crippen molar-refractivity contribution in [1.29, 1.82) is 0 Å². The number of ether oxygens (including phenoxy) is 1. The molecule has 0 radical (unpaired) electrons. The van der Waals surface area contributed by atoms with Gasteiger partial charge in [-0.1, -0.05) is 41.4 Å². The molecule has 23 heavy (non-hydrogen) atoms. The first-order valence-electron chi connectivity index (χ1n) is 6.48. The molecule has 0 spiro atoms. The molecule has 2 aromatic rings. The van der Waals surface area contributed by atoms with Crippen LogP contribution in [-0.4, -0.2) is 21.7 Å². The summed E-state index contributed by atoms with van der Waals surface area (Å²) in [5, 5.41) is 4.39. The summed E-state index contributed by atoms with van der Waals surface area (Å²) in [5.41, 5.74) is 1.28. The van der Waals surface area contributed by atoms with Gasteiger partial charge in [0.05, 0.1) is 23.4 Å². The molecule has 2 rings (SSSR count). The molecule has 2 aromatic carbocycles. The van der Waals surface area contributed by atoms with Crippen molar-refractivity contribution in [3.63, 3.8) is 0 Å². The molecule has 0 saturated carbocycles. The van der Waals surface area contributed by atoms with Crippen LogP contribution in [0.15, 0.2) is 46.4 Å². The lowest BCUT2D eigenvalue weighted by molar-refractivity contribution is 0.402. The Morgan fingerprint density at radius 3 is 2.65 bits per heavy atom. The van der Waals surface area contributed by atoms with Crippen LogP contribution in [-0.2, 0) is 10.0 Å². The van der Waals surface area contributed by atoms with Crippen LogP contribution < -0.4 is 9.57 Å². The van der Waals surface area contributed by atoms with Crippen LogP contribution in [0.5, 0.6) is 5.75 Å². The van der Waals surface area contributed by atoms with Crippen LogP contribution in [0.25, 0.3) is 0 Å². The van der Waals surface area contributed by atoms with E-state index < -0.39 is 10.0 Å². The van der Waals surface area contributed by atoms with E-state index in [1.807, 2.05) is 0 Å². The summed E-state index contributed by atoms with van der Waals surface area (Å²) >= 11 is 11.9. The van der Waals surface area contributed by atoms with Crippen LogP contribution in [0.1, 0.15) is 11.1 Å². The first kappa shape index (κ1) is 17.6. The van der Waals surface area contributed by atoms with Crippen molar-refractivity contribution in [3.05, 3.63) is 57.6 Å². The van der Waals surface area contributed by atoms with Crippen LogP contribution in [0, 0.1) is 6.92 Å². The highest BCUT2D eigenvalue weighted by atomic mass is 35.5. The van der Waals surface area contributed by atoms with Crippen molar-refractivity contribution in [1.82, 2.24) is 4.83 Å². The fourth-order valence-corrected chi connectivity index (χ4v) is 3.23. The predicted molar refractivity (Wildman–Crippen MR) is 92.1 cm³/mol. The summed E-state index contributed by atoms with van der Waals surface area (Å²) in [7, 11) is -2.47. The van der Waals surface area contributed by atoms with E-state index in [0.717, 1.165) is 5.56 Å². The van der Waals surface area contributed by atoms with E-state index in [4.69, 9.17) is 27.9 Å². The standard InChI is InChI=1S/C15H14Cl2N2O3S/c1-10-6-7-13(22-2)14(8-10)23(20,21)19-18-9-11-4-3-5-12(16)15(11)17/h3-9,19H,1-2H3/b18-9+. The average Bonchev–Trinajstić information content (AvgIpc) is 2.51. The van der Waals surface area contributed by atoms with Crippen molar-refractivity contribution in [3.8, 4) is 5.75 Å². The third-order valence-electron chi connectivity index (χ3n) is 2.97. The Balaban J connectivity index is 2.27. The van der Waals surface area contributed by atoms with Crippen LogP contribution in [0.2, 0.25) is 10.0 Å². The third-order valence-corrected chi connectivity index (χ3v) is 5.04. The minimum absolute atomic E-state index is 0.00865. The zero-order chi connectivity index (χ0) is 17.0. The van der Waals surface area contributed by atoms with E-state index in [2.05, 4.69) is 9.93 Å². The SMILES string of the molecule is COc1ccc(C)cc1S(=O)(=O)N/N=C/c1cccc(Cl)c1Cl. The molecular formula is C15H14Cl2N2O3S. The molecule has 5 nitrogen and oxygen atoms in total. The number of methoxy groups -OCH3 is 1. The van der Waals surface area contributed by atoms with Crippen LogP contribution in [0.4, 0.5) is 0 Å². The lowest BCUT2D eigenvalue weighted by Crippen LogP contribution is -2.19. The van der Waals surface area contributed by atoms with Gasteiger partial charge in [-0.3, -0.25) is 0 Å². The Labute approximate surface area is 144 Å².